The SMILES string of the molecule is COc1cc(F)c(SC)cc1C(=O)O. The van der Waals surface area contributed by atoms with Crippen molar-refractivity contribution in [3.63, 3.8) is 0 Å². The van der Waals surface area contributed by atoms with Crippen LogP contribution in [0.4, 0.5) is 4.39 Å². The van der Waals surface area contributed by atoms with Gasteiger partial charge in [0.1, 0.15) is 17.1 Å². The Balaban J connectivity index is 3.32. The number of carboxylic acid groups (broad SMARTS) is 1. The number of carboxylic acids is 1. The highest BCUT2D eigenvalue weighted by molar-refractivity contribution is 7.98. The van der Waals surface area contributed by atoms with Gasteiger partial charge in [-0.05, 0) is 12.3 Å². The van der Waals surface area contributed by atoms with E-state index >= 15 is 0 Å². The van der Waals surface area contributed by atoms with Crippen LogP contribution in [0.15, 0.2) is 17.0 Å². The maximum atomic E-state index is 13.2. The van der Waals surface area contributed by atoms with E-state index in [1.54, 1.807) is 6.26 Å². The van der Waals surface area contributed by atoms with Crippen molar-refractivity contribution in [3.05, 3.63) is 23.5 Å². The molecule has 0 heterocycles. The van der Waals surface area contributed by atoms with Crippen LogP contribution in [-0.2, 0) is 0 Å². The van der Waals surface area contributed by atoms with Gasteiger partial charge in [-0.25, -0.2) is 9.18 Å². The smallest absolute Gasteiger partial charge is 0.339 e. The minimum absolute atomic E-state index is 0.0294. The summed E-state index contributed by atoms with van der Waals surface area (Å²) in [6.45, 7) is 0. The van der Waals surface area contributed by atoms with E-state index < -0.39 is 11.8 Å². The molecular weight excluding hydrogens is 207 g/mol. The molecule has 0 aliphatic rings. The van der Waals surface area contributed by atoms with Crippen LogP contribution in [0.2, 0.25) is 0 Å². The number of thioether (sulfide) groups is 1. The molecule has 0 aromatic heterocycles. The molecule has 0 fully saturated rings. The largest absolute Gasteiger partial charge is 0.496 e. The average molecular weight is 216 g/mol. The van der Waals surface area contributed by atoms with Crippen molar-refractivity contribution in [1.82, 2.24) is 0 Å². The minimum atomic E-state index is -1.13. The molecule has 0 aliphatic heterocycles. The number of hydrogen-bond acceptors (Lipinski definition) is 3. The van der Waals surface area contributed by atoms with Crippen molar-refractivity contribution in [2.75, 3.05) is 13.4 Å². The molecule has 0 saturated carbocycles. The van der Waals surface area contributed by atoms with E-state index in [1.165, 1.54) is 13.2 Å². The highest BCUT2D eigenvalue weighted by atomic mass is 32.2. The molecule has 1 aromatic carbocycles. The average Bonchev–Trinajstić information content (AvgIpc) is 2.16. The van der Waals surface area contributed by atoms with Crippen LogP contribution in [0, 0.1) is 5.82 Å². The number of rotatable bonds is 3. The van der Waals surface area contributed by atoms with Gasteiger partial charge in [0.15, 0.2) is 0 Å². The molecular formula is C9H9FO3S. The van der Waals surface area contributed by atoms with E-state index in [1.807, 2.05) is 0 Å². The van der Waals surface area contributed by atoms with Crippen LogP contribution in [0.3, 0.4) is 0 Å². The Morgan fingerprint density at radius 3 is 2.64 bits per heavy atom. The summed E-state index contributed by atoms with van der Waals surface area (Å²) in [5, 5.41) is 8.80. The van der Waals surface area contributed by atoms with Crippen LogP contribution in [-0.4, -0.2) is 24.4 Å². The lowest BCUT2D eigenvalue weighted by Crippen LogP contribution is -2.01. The van der Waals surface area contributed by atoms with Gasteiger partial charge >= 0.3 is 5.97 Å². The topological polar surface area (TPSA) is 46.5 Å². The Morgan fingerprint density at radius 1 is 1.57 bits per heavy atom. The van der Waals surface area contributed by atoms with Gasteiger partial charge in [0, 0.05) is 11.0 Å². The Hall–Kier alpha value is -1.23. The lowest BCUT2D eigenvalue weighted by molar-refractivity contribution is 0.0693. The van der Waals surface area contributed by atoms with Crippen molar-refractivity contribution in [1.29, 1.82) is 0 Å². The number of halogens is 1. The van der Waals surface area contributed by atoms with Crippen LogP contribution >= 0.6 is 11.8 Å². The molecule has 1 rings (SSSR count). The zero-order valence-electron chi connectivity index (χ0n) is 7.70. The van der Waals surface area contributed by atoms with Crippen molar-refractivity contribution < 1.29 is 19.0 Å². The Bertz CT molecular complexity index is 365. The van der Waals surface area contributed by atoms with Gasteiger partial charge < -0.3 is 9.84 Å². The van der Waals surface area contributed by atoms with Crippen LogP contribution < -0.4 is 4.74 Å². The van der Waals surface area contributed by atoms with Gasteiger partial charge in [-0.3, -0.25) is 0 Å². The monoisotopic (exact) mass is 216 g/mol. The summed E-state index contributed by atoms with van der Waals surface area (Å²) in [4.78, 5) is 11.0. The minimum Gasteiger partial charge on any atom is -0.496 e. The van der Waals surface area contributed by atoms with Crippen LogP contribution in [0.1, 0.15) is 10.4 Å². The summed E-state index contributed by atoms with van der Waals surface area (Å²) in [7, 11) is 1.31. The van der Waals surface area contributed by atoms with E-state index in [9.17, 15) is 9.18 Å². The number of carbonyl (C=O) groups is 1. The first-order valence-electron chi connectivity index (χ1n) is 3.75. The van der Waals surface area contributed by atoms with Gasteiger partial charge in [0.2, 0.25) is 0 Å². The second kappa shape index (κ2) is 4.32. The third-order valence-electron chi connectivity index (χ3n) is 1.70. The first-order valence-corrected chi connectivity index (χ1v) is 4.97. The zero-order chi connectivity index (χ0) is 10.7. The molecule has 0 amide bonds. The molecule has 0 saturated heterocycles. The molecule has 0 radical (unpaired) electrons. The predicted octanol–water partition coefficient (Wildman–Crippen LogP) is 2.25. The highest BCUT2D eigenvalue weighted by Crippen LogP contribution is 2.27. The van der Waals surface area contributed by atoms with E-state index in [2.05, 4.69) is 0 Å². The van der Waals surface area contributed by atoms with Gasteiger partial charge in [-0.1, -0.05) is 0 Å². The van der Waals surface area contributed by atoms with Gasteiger partial charge in [0.25, 0.3) is 0 Å². The van der Waals surface area contributed by atoms with Gasteiger partial charge in [-0.15, -0.1) is 11.8 Å². The first-order chi connectivity index (χ1) is 6.60. The summed E-state index contributed by atoms with van der Waals surface area (Å²) in [5.74, 6) is -1.57. The van der Waals surface area contributed by atoms with Crippen molar-refractivity contribution >= 4 is 17.7 Å². The molecule has 0 aliphatic carbocycles. The molecule has 0 atom stereocenters. The van der Waals surface area contributed by atoms with Crippen molar-refractivity contribution in [2.45, 2.75) is 4.90 Å². The summed E-state index contributed by atoms with van der Waals surface area (Å²) in [6, 6.07) is 2.34. The van der Waals surface area contributed by atoms with Crippen molar-refractivity contribution in [2.24, 2.45) is 0 Å². The third kappa shape index (κ3) is 1.98. The molecule has 1 aromatic rings. The quantitative estimate of drug-likeness (QED) is 0.787. The normalized spacial score (nSPS) is 9.93. The molecule has 14 heavy (non-hydrogen) atoms. The lowest BCUT2D eigenvalue weighted by Gasteiger charge is -2.07. The van der Waals surface area contributed by atoms with Gasteiger partial charge in [0.05, 0.1) is 7.11 Å². The summed E-state index contributed by atoms with van der Waals surface area (Å²) in [6.07, 6.45) is 1.68. The maximum absolute atomic E-state index is 13.2. The fraction of sp³-hybridized carbons (Fsp3) is 0.222. The molecule has 0 spiro atoms. The van der Waals surface area contributed by atoms with E-state index in [0.717, 1.165) is 17.8 Å². The van der Waals surface area contributed by atoms with Crippen LogP contribution in [0.25, 0.3) is 0 Å². The van der Waals surface area contributed by atoms with E-state index in [-0.39, 0.29) is 11.3 Å². The summed E-state index contributed by atoms with van der Waals surface area (Å²) >= 11 is 1.15. The zero-order valence-corrected chi connectivity index (χ0v) is 8.52. The fourth-order valence-corrected chi connectivity index (χ4v) is 1.52. The van der Waals surface area contributed by atoms with Crippen molar-refractivity contribution in [3.8, 4) is 5.75 Å². The lowest BCUT2D eigenvalue weighted by atomic mass is 10.2. The standard InChI is InChI=1S/C9H9FO3S/c1-13-7-4-6(10)8(14-2)3-5(7)9(11)12/h3-4H,1-2H3,(H,11,12). The number of aromatic carboxylic acids is 1. The number of methoxy groups -OCH3 is 1. The molecule has 3 nitrogen and oxygen atoms in total. The fourth-order valence-electron chi connectivity index (χ4n) is 1.03. The van der Waals surface area contributed by atoms with E-state index in [0.29, 0.717) is 4.90 Å². The number of ether oxygens (including phenoxy) is 1. The Labute approximate surface area is 84.9 Å². The molecule has 0 unspecified atom stereocenters. The van der Waals surface area contributed by atoms with E-state index in [4.69, 9.17) is 9.84 Å². The second-order valence-electron chi connectivity index (χ2n) is 2.49. The molecule has 76 valence electrons. The van der Waals surface area contributed by atoms with Gasteiger partial charge in [-0.2, -0.15) is 0 Å². The molecule has 1 N–H and O–H groups in total. The summed E-state index contributed by atoms with van der Waals surface area (Å²) in [5.41, 5.74) is -0.0294. The predicted molar refractivity (Wildman–Crippen MR) is 51.7 cm³/mol. The molecule has 5 heteroatoms. The third-order valence-corrected chi connectivity index (χ3v) is 2.46. The second-order valence-corrected chi connectivity index (χ2v) is 3.34. The number of hydrogen-bond donors (Lipinski definition) is 1. The molecule has 0 bridgehead atoms. The Morgan fingerprint density at radius 2 is 2.21 bits per heavy atom. The highest BCUT2D eigenvalue weighted by Gasteiger charge is 2.14. The Kier molecular flexibility index (Phi) is 3.35. The number of benzene rings is 1. The maximum Gasteiger partial charge on any atom is 0.339 e. The summed E-state index contributed by atoms with van der Waals surface area (Å²) < 4.78 is 17.9. The first kappa shape index (κ1) is 10.8. The van der Waals surface area contributed by atoms with Crippen LogP contribution in [0.5, 0.6) is 5.75 Å².